The van der Waals surface area contributed by atoms with Crippen LogP contribution in [0.4, 0.5) is 4.39 Å². The van der Waals surface area contributed by atoms with E-state index in [9.17, 15) is 4.39 Å². The molecule has 0 saturated carbocycles. The van der Waals surface area contributed by atoms with Crippen molar-refractivity contribution >= 4 is 27.5 Å². The zero-order valence-corrected chi connectivity index (χ0v) is 12.7. The molecule has 100 valence electrons. The molecule has 0 amide bonds. The molecule has 0 aliphatic rings. The van der Waals surface area contributed by atoms with Crippen LogP contribution in [0.15, 0.2) is 46.9 Å². The van der Waals surface area contributed by atoms with Crippen molar-refractivity contribution in [3.05, 3.63) is 63.9 Å². The summed E-state index contributed by atoms with van der Waals surface area (Å²) in [4.78, 5) is 0. The van der Waals surface area contributed by atoms with Gasteiger partial charge in [0, 0.05) is 10.0 Å². The second-order valence-corrected chi connectivity index (χ2v) is 5.38. The molecule has 1 unspecified atom stereocenters. The molecule has 0 N–H and O–H groups in total. The average Bonchev–Trinajstić information content (AvgIpc) is 2.40. The Hall–Kier alpha value is -1.06. The molecule has 4 heteroatoms. The first-order chi connectivity index (χ1) is 9.11. The lowest BCUT2D eigenvalue weighted by Gasteiger charge is -2.16. The molecule has 0 saturated heterocycles. The molecule has 2 rings (SSSR count). The van der Waals surface area contributed by atoms with Gasteiger partial charge < -0.3 is 4.74 Å². The standard InChI is InChI=1S/C15H13BrClFO/c1-2-19-14-7-6-11(16)9-13(14)15(17)10-4-3-5-12(18)8-10/h3-9,15H,2H2,1H3. The molecule has 0 heterocycles. The summed E-state index contributed by atoms with van der Waals surface area (Å²) in [5, 5.41) is -0.449. The summed E-state index contributed by atoms with van der Waals surface area (Å²) in [5.74, 6) is 0.422. The van der Waals surface area contributed by atoms with Crippen LogP contribution >= 0.6 is 27.5 Å². The van der Waals surface area contributed by atoms with E-state index in [0.717, 1.165) is 15.8 Å². The highest BCUT2D eigenvalue weighted by molar-refractivity contribution is 9.10. The van der Waals surface area contributed by atoms with Crippen LogP contribution in [-0.2, 0) is 0 Å². The van der Waals surface area contributed by atoms with Gasteiger partial charge in [0.15, 0.2) is 0 Å². The van der Waals surface area contributed by atoms with Crippen LogP contribution < -0.4 is 4.74 Å². The van der Waals surface area contributed by atoms with E-state index < -0.39 is 5.38 Å². The Balaban J connectivity index is 2.42. The number of halogens is 3. The Kier molecular flexibility index (Phi) is 4.83. The first-order valence-corrected chi connectivity index (χ1v) is 7.16. The number of alkyl halides is 1. The molecular weight excluding hydrogens is 331 g/mol. The van der Waals surface area contributed by atoms with E-state index in [1.807, 2.05) is 25.1 Å². The third-order valence-electron chi connectivity index (χ3n) is 2.69. The van der Waals surface area contributed by atoms with E-state index in [1.54, 1.807) is 12.1 Å². The van der Waals surface area contributed by atoms with Crippen molar-refractivity contribution in [3.63, 3.8) is 0 Å². The fraction of sp³-hybridized carbons (Fsp3) is 0.200. The molecule has 0 aliphatic carbocycles. The zero-order chi connectivity index (χ0) is 13.8. The molecule has 2 aromatic carbocycles. The highest BCUT2D eigenvalue weighted by Crippen LogP contribution is 2.37. The van der Waals surface area contributed by atoms with Gasteiger partial charge >= 0.3 is 0 Å². The van der Waals surface area contributed by atoms with Crippen molar-refractivity contribution in [2.75, 3.05) is 6.61 Å². The van der Waals surface area contributed by atoms with Gasteiger partial charge in [-0.3, -0.25) is 0 Å². The van der Waals surface area contributed by atoms with Gasteiger partial charge in [-0.05, 0) is 42.8 Å². The van der Waals surface area contributed by atoms with E-state index >= 15 is 0 Å². The number of rotatable bonds is 4. The largest absolute Gasteiger partial charge is 0.494 e. The highest BCUT2D eigenvalue weighted by atomic mass is 79.9. The van der Waals surface area contributed by atoms with Crippen molar-refractivity contribution in [2.45, 2.75) is 12.3 Å². The molecule has 0 radical (unpaired) electrons. The van der Waals surface area contributed by atoms with Crippen molar-refractivity contribution < 1.29 is 9.13 Å². The molecule has 1 atom stereocenters. The number of hydrogen-bond donors (Lipinski definition) is 0. The topological polar surface area (TPSA) is 9.23 Å². The zero-order valence-electron chi connectivity index (χ0n) is 10.4. The Morgan fingerprint density at radius 1 is 1.26 bits per heavy atom. The van der Waals surface area contributed by atoms with Gasteiger partial charge in [-0.2, -0.15) is 0 Å². The van der Waals surface area contributed by atoms with E-state index in [-0.39, 0.29) is 5.82 Å². The molecule has 0 fully saturated rings. The van der Waals surface area contributed by atoms with Crippen LogP contribution in [0.3, 0.4) is 0 Å². The lowest BCUT2D eigenvalue weighted by molar-refractivity contribution is 0.337. The Bertz CT molecular complexity index is 574. The SMILES string of the molecule is CCOc1ccc(Br)cc1C(Cl)c1cccc(F)c1. The third kappa shape index (κ3) is 3.48. The van der Waals surface area contributed by atoms with Gasteiger partial charge in [0.2, 0.25) is 0 Å². The molecular formula is C15H13BrClFO. The second-order valence-electron chi connectivity index (χ2n) is 4.03. The Morgan fingerprint density at radius 2 is 2.05 bits per heavy atom. The smallest absolute Gasteiger partial charge is 0.124 e. The third-order valence-corrected chi connectivity index (χ3v) is 3.67. The quantitative estimate of drug-likeness (QED) is 0.683. The van der Waals surface area contributed by atoms with Crippen LogP contribution in [-0.4, -0.2) is 6.61 Å². The van der Waals surface area contributed by atoms with Gasteiger partial charge in [-0.15, -0.1) is 11.6 Å². The minimum absolute atomic E-state index is 0.295. The van der Waals surface area contributed by atoms with E-state index in [0.29, 0.717) is 12.2 Å². The summed E-state index contributed by atoms with van der Waals surface area (Å²) in [6, 6.07) is 11.9. The van der Waals surface area contributed by atoms with Gasteiger partial charge in [0.05, 0.1) is 12.0 Å². The normalized spacial score (nSPS) is 12.2. The first-order valence-electron chi connectivity index (χ1n) is 5.93. The van der Waals surface area contributed by atoms with Crippen molar-refractivity contribution in [1.82, 2.24) is 0 Å². The number of ether oxygens (including phenoxy) is 1. The predicted molar refractivity (Wildman–Crippen MR) is 79.4 cm³/mol. The van der Waals surface area contributed by atoms with Gasteiger partial charge in [-0.25, -0.2) is 4.39 Å². The summed E-state index contributed by atoms with van der Waals surface area (Å²) < 4.78 is 19.7. The predicted octanol–water partition coefficient (Wildman–Crippen LogP) is 5.32. The van der Waals surface area contributed by atoms with Crippen molar-refractivity contribution in [2.24, 2.45) is 0 Å². The van der Waals surface area contributed by atoms with Crippen molar-refractivity contribution in [3.8, 4) is 5.75 Å². The van der Waals surface area contributed by atoms with Crippen LogP contribution in [0, 0.1) is 5.82 Å². The minimum atomic E-state index is -0.449. The van der Waals surface area contributed by atoms with Crippen LogP contribution in [0.1, 0.15) is 23.4 Å². The molecule has 0 spiro atoms. The average molecular weight is 344 g/mol. The Morgan fingerprint density at radius 3 is 2.74 bits per heavy atom. The summed E-state index contributed by atoms with van der Waals surface area (Å²) in [7, 11) is 0. The van der Waals surface area contributed by atoms with E-state index in [2.05, 4.69) is 15.9 Å². The lowest BCUT2D eigenvalue weighted by atomic mass is 10.0. The second kappa shape index (κ2) is 6.40. The van der Waals surface area contributed by atoms with E-state index in [4.69, 9.17) is 16.3 Å². The maximum Gasteiger partial charge on any atom is 0.124 e. The number of benzene rings is 2. The van der Waals surface area contributed by atoms with Gasteiger partial charge in [0.25, 0.3) is 0 Å². The molecule has 1 nitrogen and oxygen atoms in total. The van der Waals surface area contributed by atoms with Crippen molar-refractivity contribution in [1.29, 1.82) is 0 Å². The summed E-state index contributed by atoms with van der Waals surface area (Å²) in [6.45, 7) is 2.47. The van der Waals surface area contributed by atoms with Crippen LogP contribution in [0.5, 0.6) is 5.75 Å². The molecule has 0 aliphatic heterocycles. The van der Waals surface area contributed by atoms with Crippen LogP contribution in [0.25, 0.3) is 0 Å². The summed E-state index contributed by atoms with van der Waals surface area (Å²) in [5.41, 5.74) is 1.53. The van der Waals surface area contributed by atoms with E-state index in [1.165, 1.54) is 12.1 Å². The Labute approximate surface area is 125 Å². The first kappa shape index (κ1) is 14.4. The summed E-state index contributed by atoms with van der Waals surface area (Å²) >= 11 is 9.86. The molecule has 0 bridgehead atoms. The maximum atomic E-state index is 13.3. The summed E-state index contributed by atoms with van der Waals surface area (Å²) in [6.07, 6.45) is 0. The number of hydrogen-bond acceptors (Lipinski definition) is 1. The lowest BCUT2D eigenvalue weighted by Crippen LogP contribution is -2.00. The monoisotopic (exact) mass is 342 g/mol. The fourth-order valence-corrected chi connectivity index (χ4v) is 2.53. The van der Waals surface area contributed by atoms with Gasteiger partial charge in [0.1, 0.15) is 11.6 Å². The molecule has 2 aromatic rings. The minimum Gasteiger partial charge on any atom is -0.494 e. The van der Waals surface area contributed by atoms with Gasteiger partial charge in [-0.1, -0.05) is 28.1 Å². The van der Waals surface area contributed by atoms with Crippen LogP contribution in [0.2, 0.25) is 0 Å². The molecule has 19 heavy (non-hydrogen) atoms. The molecule has 0 aromatic heterocycles. The maximum absolute atomic E-state index is 13.3. The fourth-order valence-electron chi connectivity index (χ4n) is 1.85. The highest BCUT2D eigenvalue weighted by Gasteiger charge is 2.16.